The molecule has 1 aromatic rings. The highest BCUT2D eigenvalue weighted by Crippen LogP contribution is 2.30. The van der Waals surface area contributed by atoms with Gasteiger partial charge in [-0.1, -0.05) is 43.4 Å². The van der Waals surface area contributed by atoms with E-state index in [4.69, 9.17) is 10.7 Å². The number of aryl methyl sites for hydroxylation is 1. The number of hydrogen-bond donors (Lipinski definition) is 1. The first-order chi connectivity index (χ1) is 9.86. The number of carbonyl (C=O) groups is 1. The SMILES string of the molecule is Cc1nc(NC(=O)CCC2CCCCC2)sc1S(=O)(=O)Cl. The summed E-state index contributed by atoms with van der Waals surface area (Å²) in [4.78, 5) is 15.9. The third-order valence-electron chi connectivity index (χ3n) is 3.73. The van der Waals surface area contributed by atoms with Crippen LogP contribution in [0.1, 0.15) is 50.6 Å². The van der Waals surface area contributed by atoms with Gasteiger partial charge in [0.2, 0.25) is 5.91 Å². The predicted molar refractivity (Wildman–Crippen MR) is 84.3 cm³/mol. The minimum Gasteiger partial charge on any atom is -0.302 e. The van der Waals surface area contributed by atoms with E-state index in [0.29, 0.717) is 23.2 Å². The van der Waals surface area contributed by atoms with E-state index in [1.165, 1.54) is 32.1 Å². The fraction of sp³-hybridized carbons (Fsp3) is 0.692. The lowest BCUT2D eigenvalue weighted by molar-refractivity contribution is -0.116. The summed E-state index contributed by atoms with van der Waals surface area (Å²) in [6.07, 6.45) is 7.57. The number of nitrogens with zero attached hydrogens (tertiary/aromatic N) is 1. The van der Waals surface area contributed by atoms with E-state index in [-0.39, 0.29) is 10.1 Å². The Morgan fingerprint density at radius 1 is 1.38 bits per heavy atom. The van der Waals surface area contributed by atoms with E-state index < -0.39 is 9.05 Å². The highest BCUT2D eigenvalue weighted by atomic mass is 35.7. The van der Waals surface area contributed by atoms with Crippen LogP contribution in [-0.2, 0) is 13.8 Å². The van der Waals surface area contributed by atoms with Crippen molar-refractivity contribution in [3.63, 3.8) is 0 Å². The fourth-order valence-electron chi connectivity index (χ4n) is 2.65. The molecule has 21 heavy (non-hydrogen) atoms. The second-order valence-electron chi connectivity index (χ2n) is 5.42. The van der Waals surface area contributed by atoms with Crippen molar-refractivity contribution >= 4 is 42.1 Å². The molecule has 0 bridgehead atoms. The molecule has 0 aromatic carbocycles. The average Bonchev–Trinajstić information content (AvgIpc) is 2.78. The fourth-order valence-corrected chi connectivity index (χ4v) is 5.02. The summed E-state index contributed by atoms with van der Waals surface area (Å²) in [5, 5.41) is 2.95. The van der Waals surface area contributed by atoms with Crippen LogP contribution in [0.3, 0.4) is 0 Å². The Morgan fingerprint density at radius 3 is 2.62 bits per heavy atom. The van der Waals surface area contributed by atoms with Crippen molar-refractivity contribution in [1.29, 1.82) is 0 Å². The second kappa shape index (κ2) is 7.07. The van der Waals surface area contributed by atoms with E-state index in [2.05, 4.69) is 10.3 Å². The number of aromatic nitrogens is 1. The van der Waals surface area contributed by atoms with E-state index in [1.807, 2.05) is 0 Å². The van der Waals surface area contributed by atoms with Crippen LogP contribution >= 0.6 is 22.0 Å². The Bertz CT molecular complexity index is 607. The van der Waals surface area contributed by atoms with Crippen LogP contribution in [0, 0.1) is 12.8 Å². The predicted octanol–water partition coefficient (Wildman–Crippen LogP) is 3.68. The molecule has 5 nitrogen and oxygen atoms in total. The first-order valence-corrected chi connectivity index (χ1v) is 10.2. The largest absolute Gasteiger partial charge is 0.302 e. The first-order valence-electron chi connectivity index (χ1n) is 7.08. The van der Waals surface area contributed by atoms with Crippen molar-refractivity contribution in [2.45, 2.75) is 56.1 Å². The number of thiazole rings is 1. The van der Waals surface area contributed by atoms with Crippen molar-refractivity contribution in [3.05, 3.63) is 5.69 Å². The second-order valence-corrected chi connectivity index (χ2v) is 9.18. The van der Waals surface area contributed by atoms with Crippen LogP contribution in [0.25, 0.3) is 0 Å². The molecular weight excluding hydrogens is 332 g/mol. The summed E-state index contributed by atoms with van der Waals surface area (Å²) in [5.41, 5.74) is 0.317. The molecule has 118 valence electrons. The monoisotopic (exact) mass is 350 g/mol. The first kappa shape index (κ1) is 16.7. The highest BCUT2D eigenvalue weighted by Gasteiger charge is 2.20. The van der Waals surface area contributed by atoms with Gasteiger partial charge in [-0.25, -0.2) is 13.4 Å². The summed E-state index contributed by atoms with van der Waals surface area (Å²) < 4.78 is 22.6. The summed E-state index contributed by atoms with van der Waals surface area (Å²) in [7, 11) is 1.51. The van der Waals surface area contributed by atoms with Crippen LogP contribution in [0.5, 0.6) is 0 Å². The summed E-state index contributed by atoms with van der Waals surface area (Å²) in [5.74, 6) is 0.522. The van der Waals surface area contributed by atoms with Crippen LogP contribution in [0.15, 0.2) is 4.21 Å². The molecule has 8 heteroatoms. The van der Waals surface area contributed by atoms with Crippen LogP contribution < -0.4 is 5.32 Å². The highest BCUT2D eigenvalue weighted by molar-refractivity contribution is 8.15. The minimum absolute atomic E-state index is 0.00764. The summed E-state index contributed by atoms with van der Waals surface area (Å²) >= 11 is 0.893. The Morgan fingerprint density at radius 2 is 2.05 bits per heavy atom. The Kier molecular flexibility index (Phi) is 5.62. The molecule has 1 N–H and O–H groups in total. The Balaban J connectivity index is 1.88. The van der Waals surface area contributed by atoms with Gasteiger partial charge in [0.05, 0.1) is 5.69 Å². The van der Waals surface area contributed by atoms with Crippen LogP contribution in [0.2, 0.25) is 0 Å². The van der Waals surface area contributed by atoms with Gasteiger partial charge in [-0.15, -0.1) is 0 Å². The van der Waals surface area contributed by atoms with Gasteiger partial charge in [-0.2, -0.15) is 0 Å². The van der Waals surface area contributed by atoms with Crippen LogP contribution in [0.4, 0.5) is 5.13 Å². The van der Waals surface area contributed by atoms with Crippen molar-refractivity contribution in [2.75, 3.05) is 5.32 Å². The normalized spacial score (nSPS) is 16.9. The number of halogens is 1. The minimum atomic E-state index is -3.80. The van der Waals surface area contributed by atoms with Gasteiger partial charge in [-0.05, 0) is 19.3 Å². The molecule has 1 aliphatic rings. The Hall–Kier alpha value is -0.660. The van der Waals surface area contributed by atoms with Crippen molar-refractivity contribution in [3.8, 4) is 0 Å². The number of rotatable bonds is 5. The third kappa shape index (κ3) is 4.93. The third-order valence-corrected chi connectivity index (χ3v) is 6.98. The molecule has 1 fully saturated rings. The van der Waals surface area contributed by atoms with Gasteiger partial charge >= 0.3 is 0 Å². The molecule has 1 heterocycles. The summed E-state index contributed by atoms with van der Waals surface area (Å²) in [6.45, 7) is 1.56. The van der Waals surface area contributed by atoms with E-state index in [0.717, 1.165) is 17.8 Å². The summed E-state index contributed by atoms with van der Waals surface area (Å²) in [6, 6.07) is 0. The molecular formula is C13H19ClN2O3S2. The number of anilines is 1. The van der Waals surface area contributed by atoms with Gasteiger partial charge in [-0.3, -0.25) is 4.79 Å². The van der Waals surface area contributed by atoms with Crippen LogP contribution in [-0.4, -0.2) is 19.3 Å². The average molecular weight is 351 g/mol. The maximum Gasteiger partial charge on any atom is 0.272 e. The number of carbonyl (C=O) groups excluding carboxylic acids is 1. The molecule has 1 aromatic heterocycles. The zero-order valence-electron chi connectivity index (χ0n) is 11.9. The standard InChI is InChI=1S/C13H19ClN2O3S2/c1-9-12(21(14,18)19)20-13(15-9)16-11(17)8-7-10-5-3-2-4-6-10/h10H,2-8H2,1H3,(H,15,16,17). The van der Waals surface area contributed by atoms with Gasteiger partial charge in [0.25, 0.3) is 9.05 Å². The molecule has 0 radical (unpaired) electrons. The number of nitrogens with one attached hydrogen (secondary N) is 1. The van der Waals surface area contributed by atoms with E-state index >= 15 is 0 Å². The molecule has 2 rings (SSSR count). The molecule has 0 spiro atoms. The van der Waals surface area contributed by atoms with Gasteiger partial charge in [0.1, 0.15) is 0 Å². The molecule has 0 unspecified atom stereocenters. The molecule has 1 saturated carbocycles. The maximum absolute atomic E-state index is 11.9. The zero-order valence-corrected chi connectivity index (χ0v) is 14.3. The molecule has 1 aliphatic carbocycles. The quantitative estimate of drug-likeness (QED) is 0.822. The van der Waals surface area contributed by atoms with E-state index in [9.17, 15) is 13.2 Å². The zero-order chi connectivity index (χ0) is 15.5. The van der Waals surface area contributed by atoms with Gasteiger partial charge in [0.15, 0.2) is 9.34 Å². The van der Waals surface area contributed by atoms with Gasteiger partial charge < -0.3 is 5.32 Å². The van der Waals surface area contributed by atoms with Gasteiger partial charge in [0, 0.05) is 17.1 Å². The van der Waals surface area contributed by atoms with Crippen molar-refractivity contribution < 1.29 is 13.2 Å². The number of amides is 1. The lowest BCUT2D eigenvalue weighted by Crippen LogP contribution is -2.14. The maximum atomic E-state index is 11.9. The topological polar surface area (TPSA) is 76.1 Å². The van der Waals surface area contributed by atoms with Crippen molar-refractivity contribution in [2.24, 2.45) is 5.92 Å². The molecule has 0 aliphatic heterocycles. The molecule has 0 saturated heterocycles. The molecule has 0 atom stereocenters. The number of hydrogen-bond acceptors (Lipinski definition) is 5. The van der Waals surface area contributed by atoms with E-state index in [1.54, 1.807) is 6.92 Å². The Labute approximate surface area is 133 Å². The van der Waals surface area contributed by atoms with Crippen molar-refractivity contribution in [1.82, 2.24) is 4.98 Å². The lowest BCUT2D eigenvalue weighted by atomic mass is 9.86. The lowest BCUT2D eigenvalue weighted by Gasteiger charge is -2.20. The molecule has 1 amide bonds. The smallest absolute Gasteiger partial charge is 0.272 e.